The summed E-state index contributed by atoms with van der Waals surface area (Å²) in [4.78, 5) is 14.3. The molecule has 1 aromatic carbocycles. The molecule has 0 saturated heterocycles. The fourth-order valence-corrected chi connectivity index (χ4v) is 2.97. The molecule has 0 radical (unpaired) electrons. The summed E-state index contributed by atoms with van der Waals surface area (Å²) in [6, 6.07) is 8.48. The zero-order chi connectivity index (χ0) is 13.1. The normalized spacial score (nSPS) is 19.5. The highest BCUT2D eigenvalue weighted by Gasteiger charge is 2.24. The van der Waals surface area contributed by atoms with Crippen LogP contribution in [0.2, 0.25) is 0 Å². The fraction of sp³-hybridized carbons (Fsp3) is 0.533. The molecule has 0 bridgehead atoms. The van der Waals surface area contributed by atoms with Crippen LogP contribution in [0.4, 0.5) is 16.2 Å². The van der Waals surface area contributed by atoms with Gasteiger partial charge in [0.1, 0.15) is 0 Å². The van der Waals surface area contributed by atoms with Crippen molar-refractivity contribution in [1.82, 2.24) is 5.32 Å². The van der Waals surface area contributed by atoms with E-state index in [-0.39, 0.29) is 6.03 Å². The van der Waals surface area contributed by atoms with E-state index in [1.165, 1.54) is 12.8 Å². The van der Waals surface area contributed by atoms with Crippen LogP contribution in [0.25, 0.3) is 0 Å². The van der Waals surface area contributed by atoms with Crippen molar-refractivity contribution >= 4 is 17.4 Å². The van der Waals surface area contributed by atoms with Crippen molar-refractivity contribution < 1.29 is 4.79 Å². The lowest BCUT2D eigenvalue weighted by atomic mass is 10.2. The molecular weight excluding hydrogens is 238 g/mol. The molecule has 0 aromatic heterocycles. The Bertz CT molecular complexity index is 454. The minimum Gasteiger partial charge on any atom is -0.383 e. The second-order valence-electron chi connectivity index (χ2n) is 5.38. The number of fused-ring (bicyclic) bond motifs is 1. The molecule has 2 amide bonds. The van der Waals surface area contributed by atoms with Crippen LogP contribution in [0.15, 0.2) is 24.3 Å². The van der Waals surface area contributed by atoms with Crippen molar-refractivity contribution in [2.75, 3.05) is 23.3 Å². The summed E-state index contributed by atoms with van der Waals surface area (Å²) in [5.41, 5.74) is 2.05. The highest BCUT2D eigenvalue weighted by atomic mass is 16.2. The molecule has 2 N–H and O–H groups in total. The van der Waals surface area contributed by atoms with Crippen LogP contribution >= 0.6 is 0 Å². The molecule has 0 atom stereocenters. The Balaban J connectivity index is 1.77. The van der Waals surface area contributed by atoms with Gasteiger partial charge in [0.15, 0.2) is 0 Å². The molecule has 0 spiro atoms. The van der Waals surface area contributed by atoms with E-state index in [0.717, 1.165) is 43.7 Å². The van der Waals surface area contributed by atoms with Crippen molar-refractivity contribution in [3.05, 3.63) is 24.3 Å². The number of hydrogen-bond donors (Lipinski definition) is 2. The molecule has 102 valence electrons. The number of carbonyl (C=O) groups is 1. The highest BCUT2D eigenvalue weighted by Crippen LogP contribution is 2.28. The van der Waals surface area contributed by atoms with E-state index in [4.69, 9.17) is 0 Å². The van der Waals surface area contributed by atoms with Gasteiger partial charge in [0.25, 0.3) is 0 Å². The molecule has 1 saturated carbocycles. The molecule has 1 aromatic rings. The number of carbonyl (C=O) groups excluding carboxylic acids is 1. The third-order valence-corrected chi connectivity index (χ3v) is 4.00. The number of nitrogens with zero attached hydrogens (tertiary/aromatic N) is 1. The van der Waals surface area contributed by atoms with E-state index < -0.39 is 0 Å². The van der Waals surface area contributed by atoms with Crippen LogP contribution in [-0.4, -0.2) is 25.2 Å². The van der Waals surface area contributed by atoms with Crippen LogP contribution in [0.1, 0.15) is 32.1 Å². The molecule has 19 heavy (non-hydrogen) atoms. The van der Waals surface area contributed by atoms with E-state index in [2.05, 4.69) is 10.6 Å². The molecule has 4 nitrogen and oxygen atoms in total. The van der Waals surface area contributed by atoms with Crippen LogP contribution in [-0.2, 0) is 0 Å². The molecule has 1 fully saturated rings. The first-order chi connectivity index (χ1) is 9.34. The molecule has 4 heteroatoms. The maximum atomic E-state index is 12.5. The summed E-state index contributed by atoms with van der Waals surface area (Å²) in [7, 11) is 0. The zero-order valence-electron chi connectivity index (χ0n) is 11.2. The van der Waals surface area contributed by atoms with Crippen molar-refractivity contribution in [2.24, 2.45) is 0 Å². The second kappa shape index (κ2) is 5.51. The highest BCUT2D eigenvalue weighted by molar-refractivity contribution is 5.96. The molecular formula is C15H21N3O. The van der Waals surface area contributed by atoms with Gasteiger partial charge in [-0.3, -0.25) is 4.90 Å². The summed E-state index contributed by atoms with van der Waals surface area (Å²) in [5.74, 6) is 0. The fourth-order valence-electron chi connectivity index (χ4n) is 2.97. The lowest BCUT2D eigenvalue weighted by molar-refractivity contribution is 0.242. The second-order valence-corrected chi connectivity index (χ2v) is 5.38. The Morgan fingerprint density at radius 3 is 2.84 bits per heavy atom. The van der Waals surface area contributed by atoms with Gasteiger partial charge in [-0.15, -0.1) is 0 Å². The Kier molecular flexibility index (Phi) is 3.58. The number of nitrogens with one attached hydrogen (secondary N) is 2. The predicted octanol–water partition coefficient (Wildman–Crippen LogP) is 2.96. The lowest BCUT2D eigenvalue weighted by Gasteiger charge is -2.24. The average Bonchev–Trinajstić information content (AvgIpc) is 2.83. The van der Waals surface area contributed by atoms with Crippen molar-refractivity contribution in [3.63, 3.8) is 0 Å². The van der Waals surface area contributed by atoms with Crippen LogP contribution in [0, 0.1) is 0 Å². The van der Waals surface area contributed by atoms with E-state index >= 15 is 0 Å². The molecule has 0 unspecified atom stereocenters. The first-order valence-electron chi connectivity index (χ1n) is 7.25. The topological polar surface area (TPSA) is 44.4 Å². The minimum atomic E-state index is 0.0584. The number of rotatable bonds is 1. The van der Waals surface area contributed by atoms with Gasteiger partial charge in [-0.2, -0.15) is 0 Å². The smallest absolute Gasteiger partial charge is 0.322 e. The average molecular weight is 259 g/mol. The first kappa shape index (κ1) is 12.3. The largest absolute Gasteiger partial charge is 0.383 e. The molecule has 2 aliphatic rings. The number of hydrogen-bond acceptors (Lipinski definition) is 2. The van der Waals surface area contributed by atoms with Gasteiger partial charge in [0, 0.05) is 19.1 Å². The van der Waals surface area contributed by atoms with Crippen LogP contribution in [0.5, 0.6) is 0 Å². The number of para-hydroxylation sites is 2. The van der Waals surface area contributed by atoms with E-state index in [1.54, 1.807) is 0 Å². The summed E-state index contributed by atoms with van der Waals surface area (Å²) in [5, 5.41) is 6.56. The Morgan fingerprint density at radius 1 is 1.21 bits per heavy atom. The number of benzene rings is 1. The molecule has 1 heterocycles. The molecule has 1 aliphatic carbocycles. The first-order valence-corrected chi connectivity index (χ1v) is 7.25. The number of urea groups is 1. The monoisotopic (exact) mass is 259 g/mol. The summed E-state index contributed by atoms with van der Waals surface area (Å²) in [6.45, 7) is 1.70. The standard InChI is InChI=1S/C15H21N3O/c19-15(17-12-6-1-2-7-12)18-11-5-10-16-13-8-3-4-9-14(13)18/h3-4,8-9,12,16H,1-2,5-7,10-11H2,(H,17,19). The summed E-state index contributed by atoms with van der Waals surface area (Å²) in [6.07, 6.45) is 5.71. The van der Waals surface area contributed by atoms with Crippen LogP contribution in [0.3, 0.4) is 0 Å². The van der Waals surface area contributed by atoms with Gasteiger partial charge in [-0.05, 0) is 31.4 Å². The predicted molar refractivity (Wildman–Crippen MR) is 77.7 cm³/mol. The SMILES string of the molecule is O=C(NC1CCCC1)N1CCCNc2ccccc21. The maximum absolute atomic E-state index is 12.5. The van der Waals surface area contributed by atoms with Crippen LogP contribution < -0.4 is 15.5 Å². The minimum absolute atomic E-state index is 0.0584. The lowest BCUT2D eigenvalue weighted by Crippen LogP contribution is -2.44. The van der Waals surface area contributed by atoms with Crippen molar-refractivity contribution in [3.8, 4) is 0 Å². The Morgan fingerprint density at radius 2 is 2.00 bits per heavy atom. The zero-order valence-corrected chi connectivity index (χ0v) is 11.2. The van der Waals surface area contributed by atoms with Gasteiger partial charge < -0.3 is 10.6 Å². The van der Waals surface area contributed by atoms with Gasteiger partial charge in [0.05, 0.1) is 11.4 Å². The van der Waals surface area contributed by atoms with E-state index in [1.807, 2.05) is 29.2 Å². The van der Waals surface area contributed by atoms with Gasteiger partial charge in [0.2, 0.25) is 0 Å². The van der Waals surface area contributed by atoms with Crippen molar-refractivity contribution in [2.45, 2.75) is 38.1 Å². The molecule has 3 rings (SSSR count). The third kappa shape index (κ3) is 2.67. The third-order valence-electron chi connectivity index (χ3n) is 4.00. The van der Waals surface area contributed by atoms with Gasteiger partial charge >= 0.3 is 6.03 Å². The van der Waals surface area contributed by atoms with Gasteiger partial charge in [-0.25, -0.2) is 4.79 Å². The van der Waals surface area contributed by atoms with E-state index in [9.17, 15) is 4.79 Å². The van der Waals surface area contributed by atoms with E-state index in [0.29, 0.717) is 6.04 Å². The van der Waals surface area contributed by atoms with Crippen molar-refractivity contribution in [1.29, 1.82) is 0 Å². The number of amides is 2. The van der Waals surface area contributed by atoms with Gasteiger partial charge in [-0.1, -0.05) is 25.0 Å². The number of anilines is 2. The molecule has 1 aliphatic heterocycles. The maximum Gasteiger partial charge on any atom is 0.322 e. The summed E-state index contributed by atoms with van der Waals surface area (Å²) >= 11 is 0. The Labute approximate surface area is 114 Å². The Hall–Kier alpha value is -1.71. The quantitative estimate of drug-likeness (QED) is 0.814. The summed E-state index contributed by atoms with van der Waals surface area (Å²) < 4.78 is 0.